The van der Waals surface area contributed by atoms with Crippen LogP contribution >= 0.6 is 0 Å². The number of carbonyl (C=O) groups excluding carboxylic acids is 1. The average molecular weight is 220 g/mol. The Morgan fingerprint density at radius 3 is 3.12 bits per heavy atom. The molecule has 0 bridgehead atoms. The topological polar surface area (TPSA) is 59.9 Å². The Hall–Kier alpha value is -2.04. The van der Waals surface area contributed by atoms with Crippen molar-refractivity contribution in [2.24, 2.45) is 5.10 Å². The van der Waals surface area contributed by atoms with Crippen molar-refractivity contribution in [3.63, 3.8) is 0 Å². The Morgan fingerprint density at radius 2 is 2.31 bits per heavy atom. The van der Waals surface area contributed by atoms with Crippen molar-refractivity contribution in [1.29, 1.82) is 0 Å². The molecule has 1 aromatic rings. The van der Waals surface area contributed by atoms with Crippen molar-refractivity contribution >= 4 is 12.1 Å². The fraction of sp³-hybridized carbons (Fsp3) is 0.273. The number of nitrogens with one attached hydrogen (secondary N) is 1. The van der Waals surface area contributed by atoms with Crippen LogP contribution in [0, 0.1) is 0 Å². The zero-order valence-corrected chi connectivity index (χ0v) is 8.90. The van der Waals surface area contributed by atoms with Gasteiger partial charge in [0.15, 0.2) is 11.5 Å². The molecule has 0 aliphatic carbocycles. The number of hydrazone groups is 1. The summed E-state index contributed by atoms with van der Waals surface area (Å²) in [6.45, 7) is 2.02. The van der Waals surface area contributed by atoms with E-state index in [1.54, 1.807) is 13.1 Å². The van der Waals surface area contributed by atoms with Crippen molar-refractivity contribution in [3.8, 4) is 11.5 Å². The Kier molecular flexibility index (Phi) is 3.05. The van der Waals surface area contributed by atoms with Gasteiger partial charge >= 0.3 is 0 Å². The maximum absolute atomic E-state index is 10.9. The van der Waals surface area contributed by atoms with Crippen LogP contribution in [0.2, 0.25) is 0 Å². The zero-order chi connectivity index (χ0) is 11.4. The lowest BCUT2D eigenvalue weighted by Gasteiger charge is -1.97. The van der Waals surface area contributed by atoms with Gasteiger partial charge in [-0.2, -0.15) is 5.10 Å². The van der Waals surface area contributed by atoms with E-state index in [4.69, 9.17) is 9.47 Å². The largest absolute Gasteiger partial charge is 0.454 e. The summed E-state index contributed by atoms with van der Waals surface area (Å²) in [6.07, 6.45) is 1.98. The Labute approximate surface area is 93.1 Å². The third kappa shape index (κ3) is 2.31. The molecule has 84 valence electrons. The number of benzene rings is 1. The van der Waals surface area contributed by atoms with Crippen LogP contribution in [0.3, 0.4) is 0 Å². The van der Waals surface area contributed by atoms with Crippen LogP contribution < -0.4 is 14.9 Å². The van der Waals surface area contributed by atoms with Gasteiger partial charge in [0.05, 0.1) is 6.21 Å². The number of rotatable bonds is 3. The Morgan fingerprint density at radius 1 is 1.50 bits per heavy atom. The number of carbonyl (C=O) groups is 1. The molecule has 1 N–H and O–H groups in total. The minimum Gasteiger partial charge on any atom is -0.454 e. The molecule has 0 radical (unpaired) electrons. The molecule has 0 saturated carbocycles. The molecule has 1 aliphatic rings. The monoisotopic (exact) mass is 220 g/mol. The van der Waals surface area contributed by atoms with E-state index in [0.29, 0.717) is 12.2 Å². The first kappa shape index (κ1) is 10.5. The molecule has 16 heavy (non-hydrogen) atoms. The smallest absolute Gasteiger partial charge is 0.239 e. The van der Waals surface area contributed by atoms with E-state index >= 15 is 0 Å². The number of ether oxygens (including phenoxy) is 2. The van der Waals surface area contributed by atoms with E-state index in [-0.39, 0.29) is 12.7 Å². The molecule has 5 heteroatoms. The normalized spacial score (nSPS) is 13.1. The Bertz CT molecular complexity index is 429. The minimum absolute atomic E-state index is 0.114. The second-order valence-electron chi connectivity index (χ2n) is 3.26. The van der Waals surface area contributed by atoms with E-state index in [1.807, 2.05) is 18.2 Å². The van der Waals surface area contributed by atoms with Gasteiger partial charge in [-0.05, 0) is 23.8 Å². The van der Waals surface area contributed by atoms with Crippen molar-refractivity contribution in [3.05, 3.63) is 23.8 Å². The van der Waals surface area contributed by atoms with Crippen LogP contribution in [0.4, 0.5) is 0 Å². The minimum atomic E-state index is -0.114. The number of hydrogen-bond acceptors (Lipinski definition) is 4. The summed E-state index contributed by atoms with van der Waals surface area (Å²) in [5.74, 6) is 1.32. The van der Waals surface area contributed by atoms with Gasteiger partial charge in [-0.25, -0.2) is 5.43 Å². The molecule has 5 nitrogen and oxygen atoms in total. The third-order valence-electron chi connectivity index (χ3n) is 2.12. The molecule has 1 amide bonds. The quantitative estimate of drug-likeness (QED) is 0.616. The highest BCUT2D eigenvalue weighted by Gasteiger charge is 2.12. The van der Waals surface area contributed by atoms with Crippen LogP contribution in [0.5, 0.6) is 11.5 Å². The number of amides is 1. The number of fused-ring (bicyclic) bond motifs is 1. The van der Waals surface area contributed by atoms with Gasteiger partial charge in [0.2, 0.25) is 12.7 Å². The summed E-state index contributed by atoms with van der Waals surface area (Å²) in [7, 11) is 0. The van der Waals surface area contributed by atoms with Crippen LogP contribution in [-0.2, 0) is 4.79 Å². The fourth-order valence-electron chi connectivity index (χ4n) is 1.25. The van der Waals surface area contributed by atoms with E-state index in [2.05, 4.69) is 10.5 Å². The summed E-state index contributed by atoms with van der Waals surface area (Å²) in [5.41, 5.74) is 3.25. The predicted molar refractivity (Wildman–Crippen MR) is 58.6 cm³/mol. The molecule has 1 heterocycles. The summed E-state index contributed by atoms with van der Waals surface area (Å²) in [4.78, 5) is 10.9. The average Bonchev–Trinajstić information content (AvgIpc) is 2.76. The van der Waals surface area contributed by atoms with Crippen molar-refractivity contribution in [2.45, 2.75) is 13.3 Å². The predicted octanol–water partition coefficient (Wildman–Crippen LogP) is 1.28. The van der Waals surface area contributed by atoms with Gasteiger partial charge in [0, 0.05) is 6.42 Å². The maximum atomic E-state index is 10.9. The molecule has 2 rings (SSSR count). The molecule has 0 unspecified atom stereocenters. The van der Waals surface area contributed by atoms with Gasteiger partial charge in [0.1, 0.15) is 0 Å². The van der Waals surface area contributed by atoms with E-state index < -0.39 is 0 Å². The fourth-order valence-corrected chi connectivity index (χ4v) is 1.25. The molecular formula is C11H12N2O3. The van der Waals surface area contributed by atoms with Gasteiger partial charge in [-0.3, -0.25) is 4.79 Å². The molecule has 0 aromatic heterocycles. The molecule has 1 aliphatic heterocycles. The highest BCUT2D eigenvalue weighted by molar-refractivity contribution is 5.83. The first-order valence-electron chi connectivity index (χ1n) is 5.01. The summed E-state index contributed by atoms with van der Waals surface area (Å²) in [6, 6.07) is 5.46. The highest BCUT2D eigenvalue weighted by Crippen LogP contribution is 2.31. The third-order valence-corrected chi connectivity index (χ3v) is 2.12. The molecule has 0 fully saturated rings. The molecule has 1 aromatic carbocycles. The molecular weight excluding hydrogens is 208 g/mol. The van der Waals surface area contributed by atoms with E-state index in [0.717, 1.165) is 11.3 Å². The number of hydrogen-bond donors (Lipinski definition) is 1. The van der Waals surface area contributed by atoms with Gasteiger partial charge in [-0.15, -0.1) is 0 Å². The van der Waals surface area contributed by atoms with Gasteiger partial charge in [-0.1, -0.05) is 6.92 Å². The summed E-state index contributed by atoms with van der Waals surface area (Å²) in [5, 5.41) is 3.82. The summed E-state index contributed by atoms with van der Waals surface area (Å²) < 4.78 is 10.4. The maximum Gasteiger partial charge on any atom is 0.239 e. The number of nitrogens with zero attached hydrogens (tertiary/aromatic N) is 1. The van der Waals surface area contributed by atoms with E-state index in [1.165, 1.54) is 0 Å². The first-order chi connectivity index (χ1) is 7.79. The lowest BCUT2D eigenvalue weighted by Crippen LogP contribution is -2.15. The van der Waals surface area contributed by atoms with Crippen LogP contribution in [0.1, 0.15) is 18.9 Å². The molecule has 0 spiro atoms. The highest BCUT2D eigenvalue weighted by atomic mass is 16.7. The van der Waals surface area contributed by atoms with Gasteiger partial charge in [0.25, 0.3) is 0 Å². The van der Waals surface area contributed by atoms with Crippen LogP contribution in [0.15, 0.2) is 23.3 Å². The van der Waals surface area contributed by atoms with Crippen LogP contribution in [-0.4, -0.2) is 18.9 Å². The van der Waals surface area contributed by atoms with Crippen molar-refractivity contribution < 1.29 is 14.3 Å². The molecule has 0 saturated heterocycles. The van der Waals surface area contributed by atoms with Gasteiger partial charge < -0.3 is 9.47 Å². The molecule has 0 atom stereocenters. The standard InChI is InChI=1S/C11H12N2O3/c1-2-11(14)13-12-6-8-3-4-9-10(5-8)16-7-15-9/h3-6H,2,7H2,1H3,(H,13,14). The Balaban J connectivity index is 2.02. The first-order valence-corrected chi connectivity index (χ1v) is 5.01. The van der Waals surface area contributed by atoms with Crippen molar-refractivity contribution in [2.75, 3.05) is 6.79 Å². The lowest BCUT2D eigenvalue weighted by atomic mass is 10.2. The second kappa shape index (κ2) is 4.65. The zero-order valence-electron chi connectivity index (χ0n) is 8.90. The summed E-state index contributed by atoms with van der Waals surface area (Å²) >= 11 is 0. The lowest BCUT2D eigenvalue weighted by molar-refractivity contribution is -0.120. The van der Waals surface area contributed by atoms with Crippen LogP contribution in [0.25, 0.3) is 0 Å². The SMILES string of the molecule is CCC(=O)NN=Cc1ccc2c(c1)OCO2. The van der Waals surface area contributed by atoms with E-state index in [9.17, 15) is 4.79 Å². The second-order valence-corrected chi connectivity index (χ2v) is 3.26. The van der Waals surface area contributed by atoms with Crippen molar-refractivity contribution in [1.82, 2.24) is 5.43 Å².